The van der Waals surface area contributed by atoms with Gasteiger partial charge in [0.05, 0.1) is 5.75 Å². The molecule has 0 aliphatic rings. The van der Waals surface area contributed by atoms with Gasteiger partial charge in [0, 0.05) is 6.42 Å². The van der Waals surface area contributed by atoms with E-state index in [9.17, 15) is 40.8 Å². The van der Waals surface area contributed by atoms with Crippen molar-refractivity contribution in [2.45, 2.75) is 25.6 Å². The highest BCUT2D eigenvalue weighted by atomic mass is 32.2. The van der Waals surface area contributed by atoms with E-state index in [1.165, 1.54) is 5.32 Å². The Balaban J connectivity index is 4.68. The quantitative estimate of drug-likeness (QED) is 0.338. The molecule has 23 heavy (non-hydrogen) atoms. The Labute approximate surface area is 127 Å². The van der Waals surface area contributed by atoms with E-state index in [4.69, 9.17) is 4.55 Å². The molecule has 132 valence electrons. The molecule has 1 atom stereocenters. The summed E-state index contributed by atoms with van der Waals surface area (Å²) in [6.45, 7) is 0.789. The van der Waals surface area contributed by atoms with Crippen molar-refractivity contribution in [3.8, 4) is 0 Å². The van der Waals surface area contributed by atoms with Crippen LogP contribution in [0.25, 0.3) is 0 Å². The van der Waals surface area contributed by atoms with Crippen molar-refractivity contribution in [2.75, 3.05) is 5.75 Å². The first-order valence-corrected chi connectivity index (χ1v) is 7.21. The van der Waals surface area contributed by atoms with Crippen LogP contribution in [-0.2, 0) is 34.1 Å². The van der Waals surface area contributed by atoms with Gasteiger partial charge in [-0.3, -0.25) is 18.9 Å². The molecule has 0 aromatic heterocycles. The smallest absolute Gasteiger partial charge is 0.335 e. The molecule has 0 aromatic rings. The minimum Gasteiger partial charge on any atom is -0.335 e. The topological polar surface area (TPSA) is 147 Å². The zero-order valence-electron chi connectivity index (χ0n) is 11.4. The van der Waals surface area contributed by atoms with Gasteiger partial charge in [-0.1, -0.05) is 0 Å². The van der Waals surface area contributed by atoms with Crippen LogP contribution in [0.3, 0.4) is 0 Å². The molecule has 0 fully saturated rings. The zero-order chi connectivity index (χ0) is 18.4. The Morgan fingerprint density at radius 3 is 2.26 bits per heavy atom. The lowest BCUT2D eigenvalue weighted by Crippen LogP contribution is -2.47. The van der Waals surface area contributed by atoms with Gasteiger partial charge in [-0.05, 0) is 6.92 Å². The Kier molecular flexibility index (Phi) is 7.11. The molecule has 0 saturated heterocycles. The molecular weight excluding hydrogens is 353 g/mol. The molecule has 0 aromatic carbocycles. The number of imide groups is 1. The van der Waals surface area contributed by atoms with Crippen LogP contribution in [0, 0.1) is 0 Å². The second-order valence-corrected chi connectivity index (χ2v) is 5.54. The largest absolute Gasteiger partial charge is 0.471 e. The molecule has 0 radical (unpaired) electrons. The van der Waals surface area contributed by atoms with Gasteiger partial charge in [0.15, 0.2) is 0 Å². The zero-order valence-corrected chi connectivity index (χ0v) is 12.2. The van der Waals surface area contributed by atoms with Crippen LogP contribution in [-0.4, -0.2) is 60.2 Å². The molecule has 1 unspecified atom stereocenters. The average molecular weight is 364 g/mol. The number of halogens is 3. The molecule has 0 aliphatic carbocycles. The fourth-order valence-electron chi connectivity index (χ4n) is 0.971. The first-order valence-electron chi connectivity index (χ1n) is 5.60. The molecule has 2 N–H and O–H groups in total. The van der Waals surface area contributed by atoms with Crippen molar-refractivity contribution >= 4 is 34.3 Å². The number of carbonyl (C=O) groups excluding carboxylic acids is 4. The number of nitrogens with zero attached hydrogens (tertiary/aromatic N) is 1. The minimum absolute atomic E-state index is 0.274. The number of amides is 3. The van der Waals surface area contributed by atoms with Gasteiger partial charge in [-0.2, -0.15) is 21.6 Å². The van der Waals surface area contributed by atoms with E-state index in [2.05, 4.69) is 4.84 Å². The summed E-state index contributed by atoms with van der Waals surface area (Å²) in [6.07, 6.45) is -6.54. The minimum atomic E-state index is -5.26. The van der Waals surface area contributed by atoms with E-state index in [-0.39, 0.29) is 11.5 Å². The highest BCUT2D eigenvalue weighted by Crippen LogP contribution is 2.14. The summed E-state index contributed by atoms with van der Waals surface area (Å²) in [5, 5.41) is 0.942. The number of hydroxylamine groups is 2. The number of nitrogens with one attached hydrogen (secondary N) is 1. The maximum atomic E-state index is 12.0. The number of alkyl halides is 3. The number of rotatable bonds is 6. The van der Waals surface area contributed by atoms with Crippen LogP contribution in [0.2, 0.25) is 0 Å². The van der Waals surface area contributed by atoms with Crippen molar-refractivity contribution in [3.63, 3.8) is 0 Å². The third-order valence-corrected chi connectivity index (χ3v) is 2.78. The molecular formula is C9H11F3N2O8S. The molecule has 0 rings (SSSR count). The van der Waals surface area contributed by atoms with Crippen LogP contribution < -0.4 is 5.32 Å². The summed E-state index contributed by atoms with van der Waals surface area (Å²) < 4.78 is 65.2. The summed E-state index contributed by atoms with van der Waals surface area (Å²) in [5.74, 6) is -6.47. The van der Waals surface area contributed by atoms with Crippen LogP contribution >= 0.6 is 0 Å². The molecule has 0 spiro atoms. The van der Waals surface area contributed by atoms with E-state index in [1.54, 1.807) is 0 Å². The number of hydrogen-bond acceptors (Lipinski definition) is 7. The van der Waals surface area contributed by atoms with Gasteiger partial charge in [0.1, 0.15) is 6.04 Å². The molecule has 14 heteroatoms. The molecule has 0 saturated carbocycles. The fraction of sp³-hybridized carbons (Fsp3) is 0.556. The average Bonchev–Trinajstić information content (AvgIpc) is 2.39. The van der Waals surface area contributed by atoms with Crippen LogP contribution in [0.4, 0.5) is 13.2 Å². The van der Waals surface area contributed by atoms with E-state index >= 15 is 0 Å². The van der Waals surface area contributed by atoms with E-state index in [0.29, 0.717) is 0 Å². The van der Waals surface area contributed by atoms with Crippen molar-refractivity contribution in [2.24, 2.45) is 0 Å². The summed E-state index contributed by atoms with van der Waals surface area (Å²) in [7, 11) is -4.52. The highest BCUT2D eigenvalue weighted by Gasteiger charge is 2.40. The van der Waals surface area contributed by atoms with Crippen molar-refractivity contribution in [1.29, 1.82) is 0 Å². The van der Waals surface area contributed by atoms with Gasteiger partial charge < -0.3 is 10.2 Å². The Hall–Kier alpha value is -2.22. The van der Waals surface area contributed by atoms with Crippen molar-refractivity contribution in [3.05, 3.63) is 0 Å². The van der Waals surface area contributed by atoms with Crippen LogP contribution in [0.5, 0.6) is 0 Å². The van der Waals surface area contributed by atoms with Gasteiger partial charge in [0.25, 0.3) is 22.4 Å². The summed E-state index contributed by atoms with van der Waals surface area (Å²) in [4.78, 5) is 48.0. The predicted molar refractivity (Wildman–Crippen MR) is 63.7 cm³/mol. The third-order valence-electron chi connectivity index (χ3n) is 2.06. The van der Waals surface area contributed by atoms with E-state index < -0.39 is 52.3 Å². The lowest BCUT2D eigenvalue weighted by molar-refractivity contribution is -0.198. The van der Waals surface area contributed by atoms with Gasteiger partial charge >= 0.3 is 18.1 Å². The van der Waals surface area contributed by atoms with Crippen molar-refractivity contribution < 1.29 is 50.2 Å². The summed E-state index contributed by atoms with van der Waals surface area (Å²) in [6, 6.07) is -1.86. The van der Waals surface area contributed by atoms with E-state index in [1.807, 2.05) is 0 Å². The molecule has 0 heterocycles. The van der Waals surface area contributed by atoms with Gasteiger partial charge in [0.2, 0.25) is 0 Å². The van der Waals surface area contributed by atoms with Crippen LogP contribution in [0.1, 0.15) is 13.3 Å². The molecule has 10 nitrogen and oxygen atoms in total. The second kappa shape index (κ2) is 7.87. The summed E-state index contributed by atoms with van der Waals surface area (Å²) >= 11 is 0. The van der Waals surface area contributed by atoms with Crippen molar-refractivity contribution in [1.82, 2.24) is 10.4 Å². The number of carbonyl (C=O) groups is 4. The Morgan fingerprint density at radius 2 is 1.87 bits per heavy atom. The highest BCUT2D eigenvalue weighted by molar-refractivity contribution is 7.85. The lowest BCUT2D eigenvalue weighted by atomic mass is 10.3. The maximum Gasteiger partial charge on any atom is 0.471 e. The maximum absolute atomic E-state index is 12.0. The van der Waals surface area contributed by atoms with Gasteiger partial charge in [-0.25, -0.2) is 4.79 Å². The van der Waals surface area contributed by atoms with Crippen LogP contribution in [0.15, 0.2) is 0 Å². The SMILES string of the molecule is CC(NC(=O)C(F)(F)F)C(=O)ON(C=O)C(=O)CCS(=O)(=O)O. The molecule has 0 aliphatic heterocycles. The standard InChI is InChI=1S/C9H11F3N2O8S/c1-5(13-8(18)9(10,11)12)7(17)22-14(4-15)6(16)2-3-23(19,20)21/h4-5H,2-3H2,1H3,(H,13,18)(H,19,20,21). The first-order chi connectivity index (χ1) is 10.3. The summed E-state index contributed by atoms with van der Waals surface area (Å²) in [5.41, 5.74) is 0. The third kappa shape index (κ3) is 8.10. The Morgan fingerprint density at radius 1 is 1.35 bits per heavy atom. The first kappa shape index (κ1) is 20.8. The van der Waals surface area contributed by atoms with Gasteiger partial charge in [-0.15, -0.1) is 5.06 Å². The monoisotopic (exact) mass is 364 g/mol. The number of hydrogen-bond donors (Lipinski definition) is 2. The molecule has 3 amide bonds. The van der Waals surface area contributed by atoms with E-state index in [0.717, 1.165) is 6.92 Å². The Bertz CT molecular complexity index is 588. The lowest BCUT2D eigenvalue weighted by Gasteiger charge is -2.18. The predicted octanol–water partition coefficient (Wildman–Crippen LogP) is -1.23. The molecule has 0 bridgehead atoms. The normalized spacial score (nSPS) is 12.9. The fourth-order valence-corrected chi connectivity index (χ4v) is 1.40. The second-order valence-electron chi connectivity index (χ2n) is 3.96.